The number of anilines is 1. The first kappa shape index (κ1) is 20.0. The van der Waals surface area contributed by atoms with Gasteiger partial charge in [-0.25, -0.2) is 9.97 Å². The number of nitrogens with zero attached hydrogens (tertiary/aromatic N) is 6. The Morgan fingerprint density at radius 2 is 1.57 bits per heavy atom. The van der Waals surface area contributed by atoms with E-state index in [2.05, 4.69) is 26.7 Å². The lowest BCUT2D eigenvalue weighted by Crippen LogP contribution is -2.52. The zero-order chi connectivity index (χ0) is 19.6. The highest BCUT2D eigenvalue weighted by molar-refractivity contribution is 7.86. The summed E-state index contributed by atoms with van der Waals surface area (Å²) in [5, 5.41) is 0. The molecule has 0 unspecified atom stereocenters. The minimum absolute atomic E-state index is 0.559. The second kappa shape index (κ2) is 8.61. The topological polar surface area (TPSA) is 72.9 Å². The van der Waals surface area contributed by atoms with Gasteiger partial charge in [0.05, 0.1) is 0 Å². The zero-order valence-corrected chi connectivity index (χ0v) is 17.6. The third-order valence-electron chi connectivity index (χ3n) is 6.09. The number of piperidine rings is 1. The molecule has 1 atom stereocenters. The van der Waals surface area contributed by atoms with E-state index in [4.69, 9.17) is 0 Å². The SMILES string of the molecule is C[C@@H]1CCCN(c2ncc(CN3CCN(S(=O)(=O)N4CCCC4)CC3)cn2)C1. The molecule has 3 fully saturated rings. The van der Waals surface area contributed by atoms with Gasteiger partial charge in [-0.1, -0.05) is 6.92 Å². The number of rotatable bonds is 5. The van der Waals surface area contributed by atoms with Gasteiger partial charge < -0.3 is 4.90 Å². The summed E-state index contributed by atoms with van der Waals surface area (Å²) in [6.07, 6.45) is 8.30. The van der Waals surface area contributed by atoms with Crippen LogP contribution in [0.3, 0.4) is 0 Å². The lowest BCUT2D eigenvalue weighted by Gasteiger charge is -2.35. The molecule has 0 aliphatic carbocycles. The van der Waals surface area contributed by atoms with Crippen LogP contribution in [0.25, 0.3) is 0 Å². The maximum atomic E-state index is 12.7. The van der Waals surface area contributed by atoms with Gasteiger partial charge in [-0.3, -0.25) is 4.90 Å². The van der Waals surface area contributed by atoms with Crippen LogP contribution in [0.4, 0.5) is 5.95 Å². The first-order chi connectivity index (χ1) is 13.5. The predicted octanol–water partition coefficient (Wildman–Crippen LogP) is 1.17. The Bertz CT molecular complexity index is 742. The van der Waals surface area contributed by atoms with E-state index in [9.17, 15) is 8.42 Å². The Labute approximate surface area is 168 Å². The number of aromatic nitrogens is 2. The molecule has 0 saturated carbocycles. The maximum absolute atomic E-state index is 12.7. The van der Waals surface area contributed by atoms with Crippen molar-refractivity contribution < 1.29 is 8.42 Å². The molecule has 1 aromatic heterocycles. The van der Waals surface area contributed by atoms with Crippen LogP contribution in [-0.2, 0) is 16.8 Å². The highest BCUT2D eigenvalue weighted by atomic mass is 32.2. The van der Waals surface area contributed by atoms with Crippen molar-refractivity contribution >= 4 is 16.2 Å². The van der Waals surface area contributed by atoms with Crippen molar-refractivity contribution in [2.75, 3.05) is 57.3 Å². The molecule has 3 aliphatic heterocycles. The highest BCUT2D eigenvalue weighted by Gasteiger charge is 2.33. The van der Waals surface area contributed by atoms with E-state index in [-0.39, 0.29) is 0 Å². The van der Waals surface area contributed by atoms with E-state index in [1.54, 1.807) is 8.61 Å². The quantitative estimate of drug-likeness (QED) is 0.728. The monoisotopic (exact) mass is 408 g/mol. The van der Waals surface area contributed by atoms with E-state index in [1.165, 1.54) is 12.8 Å². The van der Waals surface area contributed by atoms with Crippen LogP contribution in [0.15, 0.2) is 12.4 Å². The third kappa shape index (κ3) is 4.48. The Balaban J connectivity index is 1.29. The molecular formula is C19H32N6O2S. The van der Waals surface area contributed by atoms with Crippen molar-refractivity contribution in [1.82, 2.24) is 23.5 Å². The van der Waals surface area contributed by atoms with Gasteiger partial charge in [0.1, 0.15) is 0 Å². The van der Waals surface area contributed by atoms with Crippen molar-refractivity contribution in [2.24, 2.45) is 5.92 Å². The van der Waals surface area contributed by atoms with Gasteiger partial charge in [0.15, 0.2) is 0 Å². The lowest BCUT2D eigenvalue weighted by atomic mass is 10.0. The Hall–Kier alpha value is -1.29. The van der Waals surface area contributed by atoms with Crippen molar-refractivity contribution in [3.05, 3.63) is 18.0 Å². The minimum atomic E-state index is -3.27. The molecule has 3 aliphatic rings. The average molecular weight is 409 g/mol. The van der Waals surface area contributed by atoms with Crippen LogP contribution >= 0.6 is 0 Å². The van der Waals surface area contributed by atoms with Crippen molar-refractivity contribution in [2.45, 2.75) is 39.2 Å². The molecule has 0 amide bonds. The summed E-state index contributed by atoms with van der Waals surface area (Å²) in [6, 6.07) is 0. The van der Waals surface area contributed by atoms with Crippen LogP contribution in [0.2, 0.25) is 0 Å². The number of hydrogen-bond acceptors (Lipinski definition) is 6. The van der Waals surface area contributed by atoms with Gasteiger partial charge in [-0.2, -0.15) is 17.0 Å². The Kier molecular flexibility index (Phi) is 6.15. The van der Waals surface area contributed by atoms with Crippen LogP contribution in [0, 0.1) is 5.92 Å². The first-order valence-corrected chi connectivity index (χ1v) is 12.0. The molecule has 1 aromatic rings. The molecule has 3 saturated heterocycles. The Morgan fingerprint density at radius 3 is 2.21 bits per heavy atom. The first-order valence-electron chi connectivity index (χ1n) is 10.6. The van der Waals surface area contributed by atoms with Crippen molar-refractivity contribution in [3.63, 3.8) is 0 Å². The summed E-state index contributed by atoms with van der Waals surface area (Å²) in [5.74, 6) is 1.53. The van der Waals surface area contributed by atoms with Gasteiger partial charge in [-0.05, 0) is 31.6 Å². The molecule has 156 valence electrons. The lowest BCUT2D eigenvalue weighted by molar-refractivity contribution is 0.176. The largest absolute Gasteiger partial charge is 0.341 e. The minimum Gasteiger partial charge on any atom is -0.341 e. The number of piperazine rings is 1. The van der Waals surface area contributed by atoms with Gasteiger partial charge in [0.25, 0.3) is 10.2 Å². The van der Waals surface area contributed by atoms with Gasteiger partial charge in [0, 0.05) is 76.9 Å². The number of hydrogen-bond donors (Lipinski definition) is 0. The van der Waals surface area contributed by atoms with Crippen molar-refractivity contribution in [1.29, 1.82) is 0 Å². The molecule has 0 radical (unpaired) electrons. The summed E-state index contributed by atoms with van der Waals surface area (Å²) in [6.45, 7) is 9.08. The van der Waals surface area contributed by atoms with E-state index < -0.39 is 10.2 Å². The van der Waals surface area contributed by atoms with Gasteiger partial charge >= 0.3 is 0 Å². The van der Waals surface area contributed by atoms with Crippen LogP contribution < -0.4 is 4.90 Å². The standard InChI is InChI=1S/C19H32N6O2S/c1-17-5-4-6-23(15-17)19-20-13-18(14-21-19)16-22-9-11-25(12-10-22)28(26,27)24-7-2-3-8-24/h13-14,17H,2-12,15-16H2,1H3/t17-/m1/s1. The fourth-order valence-corrected chi connectivity index (χ4v) is 6.09. The molecule has 8 nitrogen and oxygen atoms in total. The van der Waals surface area contributed by atoms with E-state index in [1.807, 2.05) is 12.4 Å². The molecule has 4 heterocycles. The molecule has 0 bridgehead atoms. The molecule has 0 aromatic carbocycles. The molecule has 4 rings (SSSR count). The van der Waals surface area contributed by atoms with Crippen molar-refractivity contribution in [3.8, 4) is 0 Å². The molecular weight excluding hydrogens is 376 g/mol. The fourth-order valence-electron chi connectivity index (χ4n) is 4.42. The summed E-state index contributed by atoms with van der Waals surface area (Å²) >= 11 is 0. The fraction of sp³-hybridized carbons (Fsp3) is 0.789. The summed E-state index contributed by atoms with van der Waals surface area (Å²) in [4.78, 5) is 13.7. The maximum Gasteiger partial charge on any atom is 0.282 e. The summed E-state index contributed by atoms with van der Waals surface area (Å²) in [5.41, 5.74) is 1.09. The summed E-state index contributed by atoms with van der Waals surface area (Å²) < 4.78 is 28.6. The van der Waals surface area contributed by atoms with E-state index in [0.717, 1.165) is 57.1 Å². The van der Waals surface area contributed by atoms with Crippen LogP contribution in [0.5, 0.6) is 0 Å². The normalized spacial score (nSPS) is 26.0. The Morgan fingerprint density at radius 1 is 0.929 bits per heavy atom. The van der Waals surface area contributed by atoms with Gasteiger partial charge in [0.2, 0.25) is 5.95 Å². The van der Waals surface area contributed by atoms with Crippen LogP contribution in [-0.4, -0.2) is 84.3 Å². The predicted molar refractivity (Wildman–Crippen MR) is 109 cm³/mol. The summed E-state index contributed by atoms with van der Waals surface area (Å²) in [7, 11) is -3.27. The highest BCUT2D eigenvalue weighted by Crippen LogP contribution is 2.21. The van der Waals surface area contributed by atoms with E-state index in [0.29, 0.717) is 32.1 Å². The van der Waals surface area contributed by atoms with Gasteiger partial charge in [-0.15, -0.1) is 0 Å². The smallest absolute Gasteiger partial charge is 0.282 e. The molecule has 0 spiro atoms. The van der Waals surface area contributed by atoms with E-state index >= 15 is 0 Å². The molecule has 28 heavy (non-hydrogen) atoms. The third-order valence-corrected chi connectivity index (χ3v) is 8.12. The second-order valence-corrected chi connectivity index (χ2v) is 10.3. The second-order valence-electron chi connectivity index (χ2n) is 8.37. The van der Waals surface area contributed by atoms with Crippen LogP contribution in [0.1, 0.15) is 38.2 Å². The molecule has 0 N–H and O–H groups in total. The average Bonchev–Trinajstić information content (AvgIpc) is 3.25. The zero-order valence-electron chi connectivity index (χ0n) is 16.8. The molecule has 9 heteroatoms.